The van der Waals surface area contributed by atoms with Crippen LogP contribution in [-0.2, 0) is 4.79 Å². The van der Waals surface area contributed by atoms with E-state index in [4.69, 9.17) is 0 Å². The maximum absolute atomic E-state index is 14.1. The molecule has 0 aliphatic heterocycles. The number of imidazole rings is 1. The molecule has 3 rings (SSSR count). The minimum Gasteiger partial charge on any atom is -0.323 e. The molecule has 23 heavy (non-hydrogen) atoms. The fourth-order valence-corrected chi connectivity index (χ4v) is 2.12. The summed E-state index contributed by atoms with van der Waals surface area (Å²) in [6.07, 6.45) is 7.72. The molecule has 1 N–H and O–H groups in total. The molecule has 0 unspecified atom stereocenters. The molecule has 3 aromatic rings. The summed E-state index contributed by atoms with van der Waals surface area (Å²) in [5.41, 5.74) is 1.73. The number of halogens is 1. The van der Waals surface area contributed by atoms with Crippen molar-refractivity contribution in [3.63, 3.8) is 0 Å². The molecular weight excluding hydrogens is 293 g/mol. The summed E-state index contributed by atoms with van der Waals surface area (Å²) in [6.45, 7) is 0. The van der Waals surface area contributed by atoms with E-state index in [2.05, 4.69) is 10.3 Å². The Bertz CT molecular complexity index is 827. The molecule has 0 radical (unpaired) electrons. The predicted octanol–water partition coefficient (Wildman–Crippen LogP) is 3.66. The Kier molecular flexibility index (Phi) is 4.29. The Labute approximate surface area is 132 Å². The highest BCUT2D eigenvalue weighted by atomic mass is 19.1. The Hall–Kier alpha value is -3.21. The largest absolute Gasteiger partial charge is 0.323 e. The zero-order valence-corrected chi connectivity index (χ0v) is 12.2. The lowest BCUT2D eigenvalue weighted by Crippen LogP contribution is -2.07. The molecule has 5 heteroatoms. The Morgan fingerprint density at radius 2 is 2.00 bits per heavy atom. The summed E-state index contributed by atoms with van der Waals surface area (Å²) >= 11 is 0. The number of benzene rings is 2. The molecule has 0 atom stereocenters. The van der Waals surface area contributed by atoms with Gasteiger partial charge in [0.1, 0.15) is 5.82 Å². The number of aromatic nitrogens is 2. The monoisotopic (exact) mass is 307 g/mol. The maximum atomic E-state index is 14.1. The van der Waals surface area contributed by atoms with Gasteiger partial charge in [0.05, 0.1) is 12.0 Å². The number of amides is 1. The van der Waals surface area contributed by atoms with E-state index in [-0.39, 0.29) is 11.7 Å². The molecule has 4 nitrogen and oxygen atoms in total. The second-order valence-electron chi connectivity index (χ2n) is 4.87. The smallest absolute Gasteiger partial charge is 0.248 e. The quantitative estimate of drug-likeness (QED) is 0.748. The second kappa shape index (κ2) is 6.70. The van der Waals surface area contributed by atoms with Crippen LogP contribution in [0, 0.1) is 5.82 Å². The van der Waals surface area contributed by atoms with E-state index in [9.17, 15) is 9.18 Å². The van der Waals surface area contributed by atoms with Crippen LogP contribution in [0.2, 0.25) is 0 Å². The third-order valence-electron chi connectivity index (χ3n) is 3.22. The third kappa shape index (κ3) is 3.71. The summed E-state index contributed by atoms with van der Waals surface area (Å²) < 4.78 is 15.7. The van der Waals surface area contributed by atoms with E-state index < -0.39 is 0 Å². The van der Waals surface area contributed by atoms with E-state index in [1.807, 2.05) is 18.2 Å². The minimum atomic E-state index is -0.381. The molecular formula is C18H14FN3O. The number of hydrogen-bond donors (Lipinski definition) is 1. The van der Waals surface area contributed by atoms with Gasteiger partial charge in [-0.2, -0.15) is 0 Å². The highest BCUT2D eigenvalue weighted by Gasteiger charge is 2.04. The summed E-state index contributed by atoms with van der Waals surface area (Å²) in [6, 6.07) is 13.9. The first-order valence-corrected chi connectivity index (χ1v) is 7.04. The third-order valence-corrected chi connectivity index (χ3v) is 3.22. The fraction of sp³-hybridized carbons (Fsp3) is 0. The molecule has 0 aliphatic carbocycles. The van der Waals surface area contributed by atoms with Crippen LogP contribution in [0.3, 0.4) is 0 Å². The summed E-state index contributed by atoms with van der Waals surface area (Å²) in [4.78, 5) is 15.7. The molecule has 0 aliphatic rings. The maximum Gasteiger partial charge on any atom is 0.248 e. The lowest BCUT2D eigenvalue weighted by molar-refractivity contribution is -0.111. The van der Waals surface area contributed by atoms with Gasteiger partial charge >= 0.3 is 0 Å². The first-order valence-electron chi connectivity index (χ1n) is 7.04. The van der Waals surface area contributed by atoms with Gasteiger partial charge in [-0.1, -0.05) is 24.3 Å². The number of hydrogen-bond acceptors (Lipinski definition) is 2. The van der Waals surface area contributed by atoms with Crippen LogP contribution in [0.25, 0.3) is 11.8 Å². The number of anilines is 1. The van der Waals surface area contributed by atoms with Crippen molar-refractivity contribution < 1.29 is 9.18 Å². The average Bonchev–Trinajstić information content (AvgIpc) is 3.08. The molecule has 2 aromatic carbocycles. The van der Waals surface area contributed by atoms with E-state index >= 15 is 0 Å². The summed E-state index contributed by atoms with van der Waals surface area (Å²) in [5, 5.41) is 2.73. The number of carbonyl (C=O) groups excluding carboxylic acids is 1. The van der Waals surface area contributed by atoms with Crippen molar-refractivity contribution in [2.45, 2.75) is 0 Å². The highest BCUT2D eigenvalue weighted by molar-refractivity contribution is 6.01. The van der Waals surface area contributed by atoms with Crippen molar-refractivity contribution in [3.8, 4) is 5.69 Å². The first-order chi connectivity index (χ1) is 11.2. The topological polar surface area (TPSA) is 46.9 Å². The van der Waals surface area contributed by atoms with Crippen molar-refractivity contribution in [1.29, 1.82) is 0 Å². The number of nitrogens with zero attached hydrogens (tertiary/aromatic N) is 2. The van der Waals surface area contributed by atoms with Gasteiger partial charge in [-0.15, -0.1) is 0 Å². The average molecular weight is 307 g/mol. The van der Waals surface area contributed by atoms with Gasteiger partial charge in [0.15, 0.2) is 0 Å². The van der Waals surface area contributed by atoms with Crippen LogP contribution in [-0.4, -0.2) is 15.5 Å². The fourth-order valence-electron chi connectivity index (χ4n) is 2.12. The van der Waals surface area contributed by atoms with Crippen molar-refractivity contribution in [2.75, 3.05) is 5.32 Å². The van der Waals surface area contributed by atoms with Crippen LogP contribution >= 0.6 is 0 Å². The van der Waals surface area contributed by atoms with Crippen LogP contribution in [0.15, 0.2) is 73.3 Å². The number of nitrogens with one attached hydrogen (secondary N) is 1. The molecule has 0 saturated heterocycles. The molecule has 0 saturated carbocycles. The number of para-hydroxylation sites is 1. The molecule has 114 valence electrons. The van der Waals surface area contributed by atoms with E-state index in [1.165, 1.54) is 18.5 Å². The van der Waals surface area contributed by atoms with Gasteiger partial charge in [0.2, 0.25) is 5.91 Å². The SMILES string of the molecule is O=C(C=Cc1ccc(-n2ccnc2)c(F)c1)Nc1ccccc1. The van der Waals surface area contributed by atoms with Gasteiger partial charge in [-0.05, 0) is 35.9 Å². The predicted molar refractivity (Wildman–Crippen MR) is 87.6 cm³/mol. The van der Waals surface area contributed by atoms with E-state index in [0.29, 0.717) is 16.9 Å². The molecule has 1 amide bonds. The van der Waals surface area contributed by atoms with Crippen molar-refractivity contribution >= 4 is 17.7 Å². The van der Waals surface area contributed by atoms with Gasteiger partial charge in [-0.3, -0.25) is 4.79 Å². The summed E-state index contributed by atoms with van der Waals surface area (Å²) in [5.74, 6) is -0.649. The number of carbonyl (C=O) groups is 1. The zero-order chi connectivity index (χ0) is 16.1. The van der Waals surface area contributed by atoms with Gasteiger partial charge < -0.3 is 9.88 Å². The highest BCUT2D eigenvalue weighted by Crippen LogP contribution is 2.16. The van der Waals surface area contributed by atoms with E-state index in [1.54, 1.807) is 47.3 Å². The molecule has 0 bridgehead atoms. The zero-order valence-electron chi connectivity index (χ0n) is 12.2. The van der Waals surface area contributed by atoms with Crippen molar-refractivity contribution in [2.24, 2.45) is 0 Å². The van der Waals surface area contributed by atoms with Gasteiger partial charge in [0.25, 0.3) is 0 Å². The summed E-state index contributed by atoms with van der Waals surface area (Å²) in [7, 11) is 0. The lowest BCUT2D eigenvalue weighted by Gasteiger charge is -2.04. The van der Waals surface area contributed by atoms with Crippen molar-refractivity contribution in [3.05, 3.63) is 84.7 Å². The van der Waals surface area contributed by atoms with Crippen LogP contribution in [0.1, 0.15) is 5.56 Å². The molecule has 1 aromatic heterocycles. The van der Waals surface area contributed by atoms with Crippen molar-refractivity contribution in [1.82, 2.24) is 9.55 Å². The molecule has 0 fully saturated rings. The van der Waals surface area contributed by atoms with Crippen LogP contribution in [0.5, 0.6) is 0 Å². The first kappa shape index (κ1) is 14.7. The number of rotatable bonds is 4. The molecule has 1 heterocycles. The molecule has 0 spiro atoms. The Balaban J connectivity index is 1.70. The van der Waals surface area contributed by atoms with Gasteiger partial charge in [-0.25, -0.2) is 9.37 Å². The standard InChI is InChI=1S/C18H14FN3O/c19-16-12-14(6-8-17(16)22-11-10-20-13-22)7-9-18(23)21-15-4-2-1-3-5-15/h1-13H,(H,21,23). The lowest BCUT2D eigenvalue weighted by atomic mass is 10.2. The van der Waals surface area contributed by atoms with Gasteiger partial charge in [0, 0.05) is 24.2 Å². The Morgan fingerprint density at radius 3 is 2.70 bits per heavy atom. The second-order valence-corrected chi connectivity index (χ2v) is 4.87. The van der Waals surface area contributed by atoms with Crippen LogP contribution < -0.4 is 5.32 Å². The van der Waals surface area contributed by atoms with Crippen LogP contribution in [0.4, 0.5) is 10.1 Å². The van der Waals surface area contributed by atoms with E-state index in [0.717, 1.165) is 0 Å². The minimum absolute atomic E-state index is 0.268. The normalized spacial score (nSPS) is 10.8. The Morgan fingerprint density at radius 1 is 1.17 bits per heavy atom.